The molecule has 0 aromatic heterocycles. The van der Waals surface area contributed by atoms with E-state index in [0.717, 1.165) is 44.5 Å². The fraction of sp³-hybridized carbons (Fsp3) is 0.0312. The number of amidine groups is 7. The molecule has 9 nitrogen and oxygen atoms in total. The van der Waals surface area contributed by atoms with Crippen LogP contribution >= 0.6 is 0 Å². The third-order valence-corrected chi connectivity index (χ3v) is 7.35. The smallest absolute Gasteiger partial charge is 0.170 e. The normalized spacial score (nSPS) is 20.9. The molecule has 4 aliphatic heterocycles. The van der Waals surface area contributed by atoms with Crippen LogP contribution in [0.4, 0.5) is 0 Å². The molecular formula is C32H21N9. The standard InChI is InChI=1S/C32H21N9/c33-25-17-9-1-3-11-19(17)27(35-25)37-29-21-13-5-7-15-23(21)31(39-29)41-32-24-16-8-6-14-22(24)30(40-32)38-28-20-12-4-2-10-18(20)26(34)36-28/h1-16,31H,(H2,33,35,37,39)(H2,34,36,38,40,41). The summed E-state index contributed by atoms with van der Waals surface area (Å²) in [4.78, 5) is 33.4. The highest BCUT2D eigenvalue weighted by atomic mass is 15.1. The molecule has 9 heteroatoms. The minimum absolute atomic E-state index is 0.446. The molecule has 0 bridgehead atoms. The van der Waals surface area contributed by atoms with Gasteiger partial charge in [-0.05, 0) is 0 Å². The number of aliphatic imine (C=N–C) groups is 7. The number of benzene rings is 4. The van der Waals surface area contributed by atoms with E-state index < -0.39 is 6.17 Å². The maximum absolute atomic E-state index is 6.16. The molecule has 0 amide bonds. The predicted octanol–water partition coefficient (Wildman–Crippen LogP) is 3.98. The van der Waals surface area contributed by atoms with Crippen molar-refractivity contribution in [1.29, 1.82) is 0 Å². The summed E-state index contributed by atoms with van der Waals surface area (Å²) in [6.45, 7) is 0. The van der Waals surface area contributed by atoms with E-state index in [4.69, 9.17) is 36.4 Å². The van der Waals surface area contributed by atoms with Crippen molar-refractivity contribution in [2.24, 2.45) is 46.4 Å². The molecule has 0 saturated carbocycles. The Kier molecular flexibility index (Phi) is 4.99. The van der Waals surface area contributed by atoms with Crippen LogP contribution in [0.5, 0.6) is 0 Å². The van der Waals surface area contributed by atoms with Gasteiger partial charge < -0.3 is 11.5 Å². The van der Waals surface area contributed by atoms with Gasteiger partial charge in [0.25, 0.3) is 0 Å². The highest BCUT2D eigenvalue weighted by Gasteiger charge is 2.30. The van der Waals surface area contributed by atoms with Crippen LogP contribution in [0.2, 0.25) is 0 Å². The molecule has 0 fully saturated rings. The fourth-order valence-electron chi connectivity index (χ4n) is 5.40. The van der Waals surface area contributed by atoms with Gasteiger partial charge in [-0.15, -0.1) is 0 Å². The summed E-state index contributed by atoms with van der Waals surface area (Å²) in [6.07, 6.45) is -0.525. The SMILES string of the molecule is NC1=NC(=NC2=N/C(=N\C3N=C(N=C4N=C(N)c5ccccc54)c4ccccc43)c3ccccc32)c2ccccc21. The summed E-state index contributed by atoms with van der Waals surface area (Å²) in [5.74, 6) is 3.61. The van der Waals surface area contributed by atoms with Crippen molar-refractivity contribution in [3.05, 3.63) is 142 Å². The summed E-state index contributed by atoms with van der Waals surface area (Å²) in [5.41, 5.74) is 19.4. The molecule has 194 valence electrons. The first-order valence-electron chi connectivity index (χ1n) is 13.1. The average Bonchev–Trinajstić information content (AvgIpc) is 3.73. The molecule has 4 heterocycles. The fourth-order valence-corrected chi connectivity index (χ4v) is 5.40. The summed E-state index contributed by atoms with van der Waals surface area (Å²) >= 11 is 0. The number of rotatable bonds is 1. The Morgan fingerprint density at radius 3 is 1.54 bits per heavy atom. The quantitative estimate of drug-likeness (QED) is 0.384. The molecule has 41 heavy (non-hydrogen) atoms. The van der Waals surface area contributed by atoms with Gasteiger partial charge in [-0.25, -0.2) is 34.9 Å². The maximum atomic E-state index is 6.16. The van der Waals surface area contributed by atoms with E-state index in [1.54, 1.807) is 0 Å². The monoisotopic (exact) mass is 531 g/mol. The minimum Gasteiger partial charge on any atom is -0.383 e. The lowest BCUT2D eigenvalue weighted by Gasteiger charge is -2.05. The predicted molar refractivity (Wildman–Crippen MR) is 163 cm³/mol. The van der Waals surface area contributed by atoms with Crippen molar-refractivity contribution >= 4 is 40.8 Å². The number of nitrogens with zero attached hydrogens (tertiary/aromatic N) is 7. The molecule has 4 aromatic rings. The molecule has 4 N–H and O–H groups in total. The topological polar surface area (TPSA) is 139 Å². The molecule has 8 rings (SSSR count). The van der Waals surface area contributed by atoms with Gasteiger partial charge >= 0.3 is 0 Å². The third kappa shape index (κ3) is 3.67. The maximum Gasteiger partial charge on any atom is 0.170 e. The molecule has 0 saturated heterocycles. The summed E-state index contributed by atoms with van der Waals surface area (Å²) < 4.78 is 0. The van der Waals surface area contributed by atoms with E-state index in [9.17, 15) is 0 Å². The lowest BCUT2D eigenvalue weighted by atomic mass is 10.1. The van der Waals surface area contributed by atoms with E-state index in [0.29, 0.717) is 40.8 Å². The lowest BCUT2D eigenvalue weighted by Crippen LogP contribution is -2.09. The van der Waals surface area contributed by atoms with E-state index in [1.807, 2.05) is 97.1 Å². The van der Waals surface area contributed by atoms with Crippen molar-refractivity contribution in [1.82, 2.24) is 0 Å². The molecule has 4 aliphatic rings. The molecule has 1 unspecified atom stereocenters. The Morgan fingerprint density at radius 2 is 0.927 bits per heavy atom. The summed E-state index contributed by atoms with van der Waals surface area (Å²) in [7, 11) is 0. The Bertz CT molecular complexity index is 2020. The lowest BCUT2D eigenvalue weighted by molar-refractivity contribution is 0.796. The highest BCUT2D eigenvalue weighted by Crippen LogP contribution is 2.34. The second kappa shape index (κ2) is 8.85. The Hall–Kier alpha value is -5.83. The van der Waals surface area contributed by atoms with Crippen LogP contribution in [0, 0.1) is 0 Å². The van der Waals surface area contributed by atoms with Crippen molar-refractivity contribution in [2.45, 2.75) is 6.17 Å². The summed E-state index contributed by atoms with van der Waals surface area (Å²) in [5, 5.41) is 0. The van der Waals surface area contributed by atoms with Crippen LogP contribution in [0.3, 0.4) is 0 Å². The van der Waals surface area contributed by atoms with Crippen LogP contribution in [-0.2, 0) is 0 Å². The Labute approximate surface area is 234 Å². The van der Waals surface area contributed by atoms with Crippen molar-refractivity contribution in [3.63, 3.8) is 0 Å². The molecular weight excluding hydrogens is 510 g/mol. The zero-order valence-electron chi connectivity index (χ0n) is 21.6. The van der Waals surface area contributed by atoms with Gasteiger partial charge in [-0.3, -0.25) is 0 Å². The highest BCUT2D eigenvalue weighted by molar-refractivity contribution is 6.29. The molecule has 0 spiro atoms. The zero-order valence-corrected chi connectivity index (χ0v) is 21.6. The van der Waals surface area contributed by atoms with Crippen LogP contribution in [-0.4, -0.2) is 40.8 Å². The van der Waals surface area contributed by atoms with E-state index in [-0.39, 0.29) is 0 Å². The Morgan fingerprint density at radius 1 is 0.463 bits per heavy atom. The molecule has 0 radical (unpaired) electrons. The first kappa shape index (κ1) is 23.1. The van der Waals surface area contributed by atoms with Crippen molar-refractivity contribution in [2.75, 3.05) is 0 Å². The second-order valence-electron chi connectivity index (χ2n) is 9.80. The third-order valence-electron chi connectivity index (χ3n) is 7.35. The second-order valence-corrected chi connectivity index (χ2v) is 9.80. The van der Waals surface area contributed by atoms with Gasteiger partial charge in [0.2, 0.25) is 0 Å². The van der Waals surface area contributed by atoms with E-state index in [2.05, 4.69) is 9.98 Å². The number of hydrogen-bond acceptors (Lipinski definition) is 6. The molecule has 0 aliphatic carbocycles. The first-order chi connectivity index (χ1) is 20.1. The van der Waals surface area contributed by atoms with Crippen molar-refractivity contribution < 1.29 is 0 Å². The first-order valence-corrected chi connectivity index (χ1v) is 13.1. The minimum atomic E-state index is -0.525. The number of fused-ring (bicyclic) bond motifs is 4. The van der Waals surface area contributed by atoms with Gasteiger partial charge in [0.1, 0.15) is 11.7 Å². The van der Waals surface area contributed by atoms with E-state index in [1.165, 1.54) is 0 Å². The van der Waals surface area contributed by atoms with Crippen LogP contribution in [0.25, 0.3) is 0 Å². The zero-order chi connectivity index (χ0) is 27.5. The molecule has 4 aromatic carbocycles. The molecule has 1 atom stereocenters. The Balaban J connectivity index is 1.22. The van der Waals surface area contributed by atoms with Crippen LogP contribution in [0.15, 0.2) is 132 Å². The largest absolute Gasteiger partial charge is 0.383 e. The van der Waals surface area contributed by atoms with Crippen LogP contribution in [0.1, 0.15) is 50.7 Å². The van der Waals surface area contributed by atoms with Crippen molar-refractivity contribution in [3.8, 4) is 0 Å². The van der Waals surface area contributed by atoms with Gasteiger partial charge in [0, 0.05) is 44.5 Å². The van der Waals surface area contributed by atoms with Gasteiger partial charge in [0.15, 0.2) is 35.3 Å². The number of hydrogen-bond donors (Lipinski definition) is 2. The number of nitrogens with two attached hydrogens (primary N) is 2. The average molecular weight is 532 g/mol. The van der Waals surface area contributed by atoms with Gasteiger partial charge in [-0.2, -0.15) is 0 Å². The van der Waals surface area contributed by atoms with E-state index >= 15 is 0 Å². The summed E-state index contributed by atoms with van der Waals surface area (Å²) in [6, 6.07) is 31.4. The van der Waals surface area contributed by atoms with Gasteiger partial charge in [-0.1, -0.05) is 97.1 Å². The van der Waals surface area contributed by atoms with Crippen LogP contribution < -0.4 is 11.5 Å². The van der Waals surface area contributed by atoms with Gasteiger partial charge in [0.05, 0.1) is 0 Å².